The standard InChI is InChI=1S/C18H24ClN3O2.ClH/c1-3-18(2)12-16(23)22(17(18)24)13-20-8-10-21(11-9-20)15-7-5-4-6-14(15)19;/h4-7H,3,8-13H2,1-2H3;1H. The molecule has 1 unspecified atom stereocenters. The Labute approximate surface area is 160 Å². The lowest BCUT2D eigenvalue weighted by molar-refractivity contribution is -0.143. The highest BCUT2D eigenvalue weighted by atomic mass is 35.5. The van der Waals surface area contributed by atoms with Crippen molar-refractivity contribution in [2.45, 2.75) is 26.7 Å². The summed E-state index contributed by atoms with van der Waals surface area (Å²) < 4.78 is 0. The number of hydrogen-bond acceptors (Lipinski definition) is 4. The van der Waals surface area contributed by atoms with Crippen molar-refractivity contribution in [1.29, 1.82) is 0 Å². The van der Waals surface area contributed by atoms with E-state index in [0.29, 0.717) is 19.5 Å². The fourth-order valence-corrected chi connectivity index (χ4v) is 3.66. The minimum Gasteiger partial charge on any atom is -0.368 e. The molecule has 1 aromatic rings. The Kier molecular flexibility index (Phi) is 6.35. The third-order valence-electron chi connectivity index (χ3n) is 5.29. The lowest BCUT2D eigenvalue weighted by atomic mass is 9.86. The second kappa shape index (κ2) is 7.94. The van der Waals surface area contributed by atoms with E-state index >= 15 is 0 Å². The zero-order valence-corrected chi connectivity index (χ0v) is 16.3. The number of imide groups is 1. The summed E-state index contributed by atoms with van der Waals surface area (Å²) >= 11 is 6.26. The van der Waals surface area contributed by atoms with Crippen LogP contribution in [0.1, 0.15) is 26.7 Å². The van der Waals surface area contributed by atoms with Crippen LogP contribution in [-0.2, 0) is 9.59 Å². The van der Waals surface area contributed by atoms with Crippen LogP contribution in [0.2, 0.25) is 5.02 Å². The van der Waals surface area contributed by atoms with Crippen molar-refractivity contribution >= 4 is 41.5 Å². The molecule has 7 heteroatoms. The van der Waals surface area contributed by atoms with Gasteiger partial charge in [0.1, 0.15) is 0 Å². The van der Waals surface area contributed by atoms with Crippen LogP contribution in [0.3, 0.4) is 0 Å². The van der Waals surface area contributed by atoms with Crippen LogP contribution in [0.4, 0.5) is 5.69 Å². The van der Waals surface area contributed by atoms with Crippen LogP contribution in [0.5, 0.6) is 0 Å². The quantitative estimate of drug-likeness (QED) is 0.747. The van der Waals surface area contributed by atoms with Crippen LogP contribution in [0, 0.1) is 5.41 Å². The third kappa shape index (κ3) is 3.94. The summed E-state index contributed by atoms with van der Waals surface area (Å²) in [5.41, 5.74) is 0.530. The van der Waals surface area contributed by atoms with Gasteiger partial charge in [0.25, 0.3) is 0 Å². The number of nitrogens with zero attached hydrogens (tertiary/aromatic N) is 3. The molecule has 2 saturated heterocycles. The van der Waals surface area contributed by atoms with Crippen LogP contribution >= 0.6 is 24.0 Å². The van der Waals surface area contributed by atoms with Gasteiger partial charge in [0.2, 0.25) is 11.8 Å². The van der Waals surface area contributed by atoms with E-state index in [0.717, 1.165) is 36.9 Å². The normalized spacial score (nSPS) is 24.6. The Balaban J connectivity index is 0.00000225. The van der Waals surface area contributed by atoms with E-state index in [1.165, 1.54) is 4.90 Å². The molecule has 0 saturated carbocycles. The summed E-state index contributed by atoms with van der Waals surface area (Å²) in [7, 11) is 0. The van der Waals surface area contributed by atoms with Gasteiger partial charge in [-0.25, -0.2) is 0 Å². The van der Waals surface area contributed by atoms with Crippen molar-refractivity contribution < 1.29 is 9.59 Å². The third-order valence-corrected chi connectivity index (χ3v) is 5.61. The van der Waals surface area contributed by atoms with E-state index in [2.05, 4.69) is 9.80 Å². The SMILES string of the molecule is CCC1(C)CC(=O)N(CN2CCN(c3ccccc3Cl)CC2)C1=O.Cl. The topological polar surface area (TPSA) is 43.9 Å². The van der Waals surface area contributed by atoms with E-state index in [4.69, 9.17) is 11.6 Å². The first-order valence-electron chi connectivity index (χ1n) is 8.51. The molecule has 5 nitrogen and oxygen atoms in total. The van der Waals surface area contributed by atoms with Crippen molar-refractivity contribution in [2.75, 3.05) is 37.7 Å². The van der Waals surface area contributed by atoms with E-state index in [1.807, 2.05) is 38.1 Å². The Morgan fingerprint density at radius 1 is 1.12 bits per heavy atom. The second-order valence-corrected chi connectivity index (χ2v) is 7.32. The fraction of sp³-hybridized carbons (Fsp3) is 0.556. The minimum atomic E-state index is -0.517. The molecule has 2 aliphatic rings. The Hall–Kier alpha value is -1.30. The summed E-state index contributed by atoms with van der Waals surface area (Å²) in [6, 6.07) is 7.84. The van der Waals surface area contributed by atoms with Gasteiger partial charge in [-0.3, -0.25) is 19.4 Å². The van der Waals surface area contributed by atoms with Gasteiger partial charge in [-0.15, -0.1) is 12.4 Å². The molecule has 2 amide bonds. The lowest BCUT2D eigenvalue weighted by Crippen LogP contribution is -2.51. The summed E-state index contributed by atoms with van der Waals surface area (Å²) in [6.45, 7) is 7.56. The highest BCUT2D eigenvalue weighted by Crippen LogP contribution is 2.35. The van der Waals surface area contributed by atoms with E-state index < -0.39 is 5.41 Å². The highest BCUT2D eigenvalue weighted by Gasteiger charge is 2.47. The largest absolute Gasteiger partial charge is 0.368 e. The monoisotopic (exact) mass is 385 g/mol. The maximum Gasteiger partial charge on any atom is 0.236 e. The number of hydrogen-bond donors (Lipinski definition) is 0. The molecule has 25 heavy (non-hydrogen) atoms. The van der Waals surface area contributed by atoms with E-state index in [1.54, 1.807) is 0 Å². The van der Waals surface area contributed by atoms with E-state index in [9.17, 15) is 9.59 Å². The molecule has 0 spiro atoms. The van der Waals surface area contributed by atoms with Crippen molar-refractivity contribution in [3.8, 4) is 0 Å². The number of benzene rings is 1. The van der Waals surface area contributed by atoms with Gasteiger partial charge < -0.3 is 4.90 Å². The van der Waals surface area contributed by atoms with Crippen LogP contribution < -0.4 is 4.90 Å². The first-order valence-corrected chi connectivity index (χ1v) is 8.89. The molecule has 1 atom stereocenters. The molecule has 2 heterocycles. The number of para-hydroxylation sites is 1. The summed E-state index contributed by atoms with van der Waals surface area (Å²) in [5.74, 6) is -0.0681. The predicted molar refractivity (Wildman–Crippen MR) is 102 cm³/mol. The maximum absolute atomic E-state index is 12.5. The number of likely N-dealkylation sites (tertiary alicyclic amines) is 1. The molecule has 3 rings (SSSR count). The van der Waals surface area contributed by atoms with Gasteiger partial charge in [-0.1, -0.05) is 37.6 Å². The van der Waals surface area contributed by atoms with Crippen molar-refractivity contribution in [1.82, 2.24) is 9.80 Å². The number of amides is 2. The molecule has 0 N–H and O–H groups in total. The molecule has 0 aliphatic carbocycles. The molecule has 0 radical (unpaired) electrons. The number of carbonyl (C=O) groups is 2. The Morgan fingerprint density at radius 3 is 2.32 bits per heavy atom. The molecular formula is C18H25Cl2N3O2. The average molecular weight is 386 g/mol. The highest BCUT2D eigenvalue weighted by molar-refractivity contribution is 6.33. The number of piperazine rings is 1. The van der Waals surface area contributed by atoms with Gasteiger partial charge >= 0.3 is 0 Å². The fourth-order valence-electron chi connectivity index (χ4n) is 3.40. The van der Waals surface area contributed by atoms with Gasteiger partial charge in [-0.05, 0) is 18.6 Å². The van der Waals surface area contributed by atoms with Gasteiger partial charge in [0, 0.05) is 32.6 Å². The Morgan fingerprint density at radius 2 is 1.76 bits per heavy atom. The number of halogens is 2. The zero-order chi connectivity index (χ0) is 17.3. The molecule has 2 fully saturated rings. The van der Waals surface area contributed by atoms with Gasteiger partial charge in [0.05, 0.1) is 22.8 Å². The van der Waals surface area contributed by atoms with Crippen molar-refractivity contribution in [3.05, 3.63) is 29.3 Å². The van der Waals surface area contributed by atoms with Crippen LogP contribution in [-0.4, -0.2) is 54.5 Å². The predicted octanol–water partition coefficient (Wildman–Crippen LogP) is 3.02. The van der Waals surface area contributed by atoms with E-state index in [-0.39, 0.29) is 24.2 Å². The molecule has 1 aromatic carbocycles. The maximum atomic E-state index is 12.5. The average Bonchev–Trinajstić information content (AvgIpc) is 2.80. The smallest absolute Gasteiger partial charge is 0.236 e. The van der Waals surface area contributed by atoms with Crippen LogP contribution in [0.15, 0.2) is 24.3 Å². The zero-order valence-electron chi connectivity index (χ0n) is 14.7. The first-order chi connectivity index (χ1) is 11.4. The summed E-state index contributed by atoms with van der Waals surface area (Å²) in [4.78, 5) is 30.6. The van der Waals surface area contributed by atoms with Crippen LogP contribution in [0.25, 0.3) is 0 Å². The van der Waals surface area contributed by atoms with Crippen molar-refractivity contribution in [3.63, 3.8) is 0 Å². The summed E-state index contributed by atoms with van der Waals surface area (Å²) in [5, 5.41) is 0.759. The molecular weight excluding hydrogens is 361 g/mol. The molecule has 0 bridgehead atoms. The van der Waals surface area contributed by atoms with Crippen molar-refractivity contribution in [2.24, 2.45) is 5.41 Å². The van der Waals surface area contributed by atoms with Gasteiger partial charge in [0.15, 0.2) is 0 Å². The lowest BCUT2D eigenvalue weighted by Gasteiger charge is -2.37. The number of anilines is 1. The minimum absolute atomic E-state index is 0. The first kappa shape index (κ1) is 20.0. The Bertz CT molecular complexity index is 647. The number of carbonyl (C=O) groups excluding carboxylic acids is 2. The molecule has 0 aromatic heterocycles. The number of rotatable bonds is 4. The molecule has 138 valence electrons. The van der Waals surface area contributed by atoms with Gasteiger partial charge in [-0.2, -0.15) is 0 Å². The summed E-state index contributed by atoms with van der Waals surface area (Å²) in [6.07, 6.45) is 1.04. The second-order valence-electron chi connectivity index (χ2n) is 6.92. The molecule has 2 aliphatic heterocycles.